The summed E-state index contributed by atoms with van der Waals surface area (Å²) in [4.78, 5) is 0.0997. The van der Waals surface area contributed by atoms with Gasteiger partial charge in [-0.2, -0.15) is 0 Å². The first-order chi connectivity index (χ1) is 9.36. The molecule has 0 aliphatic carbocycles. The quantitative estimate of drug-likeness (QED) is 0.800. The van der Waals surface area contributed by atoms with E-state index in [1.807, 2.05) is 38.1 Å². The molecule has 0 aliphatic rings. The van der Waals surface area contributed by atoms with Crippen LogP contribution in [0.15, 0.2) is 53.4 Å². The van der Waals surface area contributed by atoms with Crippen molar-refractivity contribution >= 4 is 19.7 Å². The van der Waals surface area contributed by atoms with Gasteiger partial charge in [0.2, 0.25) is 0 Å². The van der Waals surface area contributed by atoms with Gasteiger partial charge >= 0.3 is 0 Å². The first kappa shape index (κ1) is 14.9. The van der Waals surface area contributed by atoms with Gasteiger partial charge in [0.25, 0.3) is 9.05 Å². The Labute approximate surface area is 123 Å². The van der Waals surface area contributed by atoms with Crippen LogP contribution in [0.1, 0.15) is 13.8 Å². The van der Waals surface area contributed by atoms with E-state index in [2.05, 4.69) is 0 Å². The molecule has 106 valence electrons. The van der Waals surface area contributed by atoms with Crippen molar-refractivity contribution in [1.82, 2.24) is 0 Å². The Morgan fingerprint density at radius 3 is 1.75 bits per heavy atom. The second kappa shape index (κ2) is 5.85. The minimum atomic E-state index is -3.67. The minimum absolute atomic E-state index is 0.0997. The van der Waals surface area contributed by atoms with Crippen LogP contribution < -0.4 is 4.74 Å². The summed E-state index contributed by atoms with van der Waals surface area (Å²) in [5.74, 6) is 0.809. The molecule has 2 aromatic carbocycles. The summed E-state index contributed by atoms with van der Waals surface area (Å²) < 4.78 is 27.9. The van der Waals surface area contributed by atoms with E-state index >= 15 is 0 Å². The van der Waals surface area contributed by atoms with Crippen LogP contribution in [0.3, 0.4) is 0 Å². The monoisotopic (exact) mass is 310 g/mol. The van der Waals surface area contributed by atoms with E-state index < -0.39 is 9.05 Å². The lowest BCUT2D eigenvalue weighted by molar-refractivity contribution is 0.242. The summed E-state index contributed by atoms with van der Waals surface area (Å²) in [6.07, 6.45) is 0.133. The SMILES string of the molecule is CC(C)Oc1ccc(-c2ccc(S(=O)(=O)Cl)cc2)cc1. The topological polar surface area (TPSA) is 43.4 Å². The third kappa shape index (κ3) is 3.74. The molecule has 0 unspecified atom stereocenters. The van der Waals surface area contributed by atoms with Crippen LogP contribution in [0.25, 0.3) is 11.1 Å². The van der Waals surface area contributed by atoms with Gasteiger partial charge in [-0.25, -0.2) is 8.42 Å². The Hall–Kier alpha value is -1.52. The molecular weight excluding hydrogens is 296 g/mol. The normalized spacial score (nSPS) is 11.6. The van der Waals surface area contributed by atoms with Gasteiger partial charge in [0, 0.05) is 10.7 Å². The molecule has 0 heterocycles. The van der Waals surface area contributed by atoms with Crippen LogP contribution >= 0.6 is 10.7 Å². The summed E-state index contributed by atoms with van der Waals surface area (Å²) >= 11 is 0. The van der Waals surface area contributed by atoms with Crippen molar-refractivity contribution in [3.8, 4) is 16.9 Å². The van der Waals surface area contributed by atoms with Crippen molar-refractivity contribution in [2.45, 2.75) is 24.8 Å². The second-order valence-corrected chi connectivity index (χ2v) is 7.22. The molecule has 0 bridgehead atoms. The van der Waals surface area contributed by atoms with Gasteiger partial charge in [-0.1, -0.05) is 24.3 Å². The van der Waals surface area contributed by atoms with Gasteiger partial charge in [-0.3, -0.25) is 0 Å². The molecule has 3 nitrogen and oxygen atoms in total. The molecule has 0 atom stereocenters. The lowest BCUT2D eigenvalue weighted by atomic mass is 10.1. The summed E-state index contributed by atoms with van der Waals surface area (Å²) in [6.45, 7) is 3.94. The highest BCUT2D eigenvalue weighted by molar-refractivity contribution is 8.13. The summed E-state index contributed by atoms with van der Waals surface area (Å²) in [5.41, 5.74) is 1.91. The second-order valence-electron chi connectivity index (χ2n) is 4.65. The highest BCUT2D eigenvalue weighted by atomic mass is 35.7. The molecule has 0 spiro atoms. The zero-order valence-corrected chi connectivity index (χ0v) is 12.8. The Morgan fingerprint density at radius 1 is 0.900 bits per heavy atom. The predicted octanol–water partition coefficient (Wildman–Crippen LogP) is 4.07. The molecule has 5 heteroatoms. The summed E-state index contributed by atoms with van der Waals surface area (Å²) in [5, 5.41) is 0. The van der Waals surface area contributed by atoms with E-state index in [4.69, 9.17) is 15.4 Å². The molecule has 0 saturated heterocycles. The van der Waals surface area contributed by atoms with Crippen molar-refractivity contribution < 1.29 is 13.2 Å². The summed E-state index contributed by atoms with van der Waals surface area (Å²) in [7, 11) is 1.61. The van der Waals surface area contributed by atoms with E-state index in [0.29, 0.717) is 0 Å². The number of ether oxygens (including phenoxy) is 1. The number of hydrogen-bond donors (Lipinski definition) is 0. The highest BCUT2D eigenvalue weighted by Gasteiger charge is 2.09. The zero-order valence-electron chi connectivity index (χ0n) is 11.2. The van der Waals surface area contributed by atoms with E-state index in [1.165, 1.54) is 12.1 Å². The van der Waals surface area contributed by atoms with E-state index in [-0.39, 0.29) is 11.0 Å². The molecular formula is C15H15ClO3S. The van der Waals surface area contributed by atoms with Gasteiger partial charge in [0.1, 0.15) is 5.75 Å². The van der Waals surface area contributed by atoms with Crippen molar-refractivity contribution in [2.24, 2.45) is 0 Å². The Morgan fingerprint density at radius 2 is 1.35 bits per heavy atom. The molecule has 2 rings (SSSR count). The molecule has 0 radical (unpaired) electrons. The van der Waals surface area contributed by atoms with Crippen molar-refractivity contribution in [3.63, 3.8) is 0 Å². The van der Waals surface area contributed by atoms with Gasteiger partial charge in [0.15, 0.2) is 0 Å². The Kier molecular flexibility index (Phi) is 4.35. The molecule has 0 aromatic heterocycles. The Bertz CT molecular complexity index is 674. The van der Waals surface area contributed by atoms with Gasteiger partial charge in [0.05, 0.1) is 11.0 Å². The van der Waals surface area contributed by atoms with Crippen LogP contribution in [0.4, 0.5) is 0 Å². The Balaban J connectivity index is 2.24. The molecule has 0 saturated carbocycles. The standard InChI is InChI=1S/C15H15ClO3S/c1-11(2)19-14-7-3-12(4-8-14)13-5-9-15(10-6-13)20(16,17)18/h3-11H,1-2H3. The molecule has 0 aliphatic heterocycles. The number of benzene rings is 2. The first-order valence-corrected chi connectivity index (χ1v) is 8.49. The minimum Gasteiger partial charge on any atom is -0.491 e. The van der Waals surface area contributed by atoms with E-state index in [0.717, 1.165) is 16.9 Å². The number of rotatable bonds is 4. The number of halogens is 1. The zero-order chi connectivity index (χ0) is 14.8. The third-order valence-electron chi connectivity index (χ3n) is 2.70. The number of hydrogen-bond acceptors (Lipinski definition) is 3. The maximum absolute atomic E-state index is 11.2. The fourth-order valence-electron chi connectivity index (χ4n) is 1.81. The lowest BCUT2D eigenvalue weighted by Crippen LogP contribution is -2.05. The molecule has 0 amide bonds. The van der Waals surface area contributed by atoms with Crippen LogP contribution in [-0.4, -0.2) is 14.5 Å². The predicted molar refractivity (Wildman–Crippen MR) is 80.7 cm³/mol. The smallest absolute Gasteiger partial charge is 0.261 e. The van der Waals surface area contributed by atoms with Crippen LogP contribution in [-0.2, 0) is 9.05 Å². The molecule has 0 N–H and O–H groups in total. The van der Waals surface area contributed by atoms with E-state index in [9.17, 15) is 8.42 Å². The largest absolute Gasteiger partial charge is 0.491 e. The maximum atomic E-state index is 11.2. The molecule has 20 heavy (non-hydrogen) atoms. The van der Waals surface area contributed by atoms with Gasteiger partial charge in [-0.05, 0) is 49.2 Å². The van der Waals surface area contributed by atoms with Crippen LogP contribution in [0.5, 0.6) is 5.75 Å². The average Bonchev–Trinajstić information content (AvgIpc) is 2.38. The van der Waals surface area contributed by atoms with Gasteiger partial charge < -0.3 is 4.74 Å². The van der Waals surface area contributed by atoms with Crippen LogP contribution in [0, 0.1) is 0 Å². The van der Waals surface area contributed by atoms with E-state index in [1.54, 1.807) is 12.1 Å². The lowest BCUT2D eigenvalue weighted by Gasteiger charge is -2.10. The maximum Gasteiger partial charge on any atom is 0.261 e. The van der Waals surface area contributed by atoms with Crippen molar-refractivity contribution in [2.75, 3.05) is 0 Å². The highest BCUT2D eigenvalue weighted by Crippen LogP contribution is 2.25. The fraction of sp³-hybridized carbons (Fsp3) is 0.200. The third-order valence-corrected chi connectivity index (χ3v) is 4.07. The molecule has 2 aromatic rings. The summed E-state index contributed by atoms with van der Waals surface area (Å²) in [6, 6.07) is 14.1. The van der Waals surface area contributed by atoms with Gasteiger partial charge in [-0.15, -0.1) is 0 Å². The first-order valence-electron chi connectivity index (χ1n) is 6.18. The van der Waals surface area contributed by atoms with Crippen molar-refractivity contribution in [1.29, 1.82) is 0 Å². The van der Waals surface area contributed by atoms with Crippen LogP contribution in [0.2, 0.25) is 0 Å². The molecule has 0 fully saturated rings. The average molecular weight is 311 g/mol. The fourth-order valence-corrected chi connectivity index (χ4v) is 2.58. The van der Waals surface area contributed by atoms with Crippen molar-refractivity contribution in [3.05, 3.63) is 48.5 Å².